The Morgan fingerprint density at radius 2 is 1.73 bits per heavy atom. The van der Waals surface area contributed by atoms with E-state index in [1.807, 2.05) is 36.4 Å². The van der Waals surface area contributed by atoms with Crippen molar-refractivity contribution < 1.29 is 24.2 Å². The third kappa shape index (κ3) is 4.24. The third-order valence-electron chi connectivity index (χ3n) is 5.63. The Morgan fingerprint density at radius 1 is 1.17 bits per heavy atom. The van der Waals surface area contributed by atoms with Crippen LogP contribution >= 0.6 is 0 Å². The number of ether oxygens (including phenoxy) is 2. The molecule has 0 radical (unpaired) electrons. The Kier molecular flexibility index (Phi) is 6.57. The summed E-state index contributed by atoms with van der Waals surface area (Å²) in [6.07, 6.45) is 1.21. The van der Waals surface area contributed by atoms with Gasteiger partial charge in [-0.25, -0.2) is 9.59 Å². The van der Waals surface area contributed by atoms with E-state index < -0.39 is 23.5 Å². The number of carboxylic acid groups (broad SMARTS) is 1. The number of alkyl carbamates (subject to hydrolysis) is 1. The summed E-state index contributed by atoms with van der Waals surface area (Å²) in [5.41, 5.74) is 3.59. The Balaban J connectivity index is 1.73. The lowest BCUT2D eigenvalue weighted by Gasteiger charge is -2.34. The average molecular weight is 409 g/mol. The van der Waals surface area contributed by atoms with E-state index in [0.717, 1.165) is 22.3 Å². The Labute approximate surface area is 176 Å². The first-order valence-corrected chi connectivity index (χ1v) is 9.85. The number of benzene rings is 2. The molecule has 1 amide bonds. The molecule has 0 unspecified atom stereocenters. The van der Waals surface area contributed by atoms with Gasteiger partial charge >= 0.3 is 12.1 Å². The number of aliphatic carboxylic acids is 1. The van der Waals surface area contributed by atoms with Gasteiger partial charge in [-0.3, -0.25) is 0 Å². The van der Waals surface area contributed by atoms with E-state index in [-0.39, 0.29) is 19.1 Å². The number of amides is 1. The summed E-state index contributed by atoms with van der Waals surface area (Å²) in [6, 6.07) is 14.9. The van der Waals surface area contributed by atoms with Gasteiger partial charge in [-0.1, -0.05) is 61.5 Å². The minimum atomic E-state index is -1.17. The molecule has 1 aliphatic rings. The summed E-state index contributed by atoms with van der Waals surface area (Å²) in [4.78, 5) is 24.4. The van der Waals surface area contributed by atoms with E-state index in [9.17, 15) is 14.7 Å². The van der Waals surface area contributed by atoms with E-state index in [1.54, 1.807) is 13.0 Å². The molecule has 0 fully saturated rings. The standard InChI is InChI=1S/C24H27NO5/c1-4-13-24(2,15-29-3)21(22(26)27)25-23(28)30-14-20-18-11-7-5-9-16(18)17-10-6-8-12-19(17)20/h4-12,20-21H,1,13-15H2,2-3H3,(H,25,28)(H,26,27)/t21-,24+/m1/s1. The van der Waals surface area contributed by atoms with Crippen LogP contribution in [0.4, 0.5) is 4.79 Å². The van der Waals surface area contributed by atoms with Crippen molar-refractivity contribution in [3.63, 3.8) is 0 Å². The Hall–Kier alpha value is -3.12. The van der Waals surface area contributed by atoms with E-state index in [1.165, 1.54) is 7.11 Å². The molecule has 158 valence electrons. The Bertz CT molecular complexity index is 895. The van der Waals surface area contributed by atoms with Crippen LogP contribution in [0.5, 0.6) is 0 Å². The first-order chi connectivity index (χ1) is 14.4. The maximum Gasteiger partial charge on any atom is 0.407 e. The molecule has 0 aliphatic heterocycles. The maximum atomic E-state index is 12.5. The summed E-state index contributed by atoms with van der Waals surface area (Å²) in [7, 11) is 1.49. The number of rotatable bonds is 9. The van der Waals surface area contributed by atoms with Crippen LogP contribution in [0.3, 0.4) is 0 Å². The largest absolute Gasteiger partial charge is 0.480 e. The average Bonchev–Trinajstić information content (AvgIpc) is 3.04. The highest BCUT2D eigenvalue weighted by Gasteiger charge is 2.40. The molecule has 30 heavy (non-hydrogen) atoms. The first kappa shape index (κ1) is 21.6. The summed E-state index contributed by atoms with van der Waals surface area (Å²) in [5.74, 6) is -1.24. The molecule has 6 heteroatoms. The molecular weight excluding hydrogens is 382 g/mol. The van der Waals surface area contributed by atoms with Gasteiger partial charge in [0.15, 0.2) is 0 Å². The molecule has 0 bridgehead atoms. The van der Waals surface area contributed by atoms with Crippen LogP contribution in [0, 0.1) is 5.41 Å². The number of fused-ring (bicyclic) bond motifs is 3. The number of nitrogens with one attached hydrogen (secondary N) is 1. The molecule has 0 spiro atoms. The van der Waals surface area contributed by atoms with Gasteiger partial charge in [0.25, 0.3) is 0 Å². The zero-order valence-corrected chi connectivity index (χ0v) is 17.3. The molecule has 2 N–H and O–H groups in total. The highest BCUT2D eigenvalue weighted by atomic mass is 16.5. The second-order valence-corrected chi connectivity index (χ2v) is 7.82. The topological polar surface area (TPSA) is 84.9 Å². The molecule has 6 nitrogen and oxygen atoms in total. The SMILES string of the molecule is C=CC[C@@](C)(COC)[C@H](NC(=O)OCC1c2ccccc2-c2ccccc21)C(=O)O. The van der Waals surface area contributed by atoms with Gasteiger partial charge in [0.1, 0.15) is 12.6 Å². The first-order valence-electron chi connectivity index (χ1n) is 9.85. The van der Waals surface area contributed by atoms with E-state index in [4.69, 9.17) is 9.47 Å². The highest BCUT2D eigenvalue weighted by Crippen LogP contribution is 2.44. The molecule has 0 aromatic heterocycles. The van der Waals surface area contributed by atoms with Crippen LogP contribution in [-0.4, -0.2) is 43.5 Å². The van der Waals surface area contributed by atoms with Crippen LogP contribution in [0.2, 0.25) is 0 Å². The number of hydrogen-bond acceptors (Lipinski definition) is 4. The molecule has 0 heterocycles. The van der Waals surface area contributed by atoms with Crippen molar-refractivity contribution in [3.05, 3.63) is 72.3 Å². The fourth-order valence-electron chi connectivity index (χ4n) is 4.21. The predicted octanol–water partition coefficient (Wildman–Crippen LogP) is 4.21. The molecule has 2 aromatic carbocycles. The summed E-state index contributed by atoms with van der Waals surface area (Å²) in [6.45, 7) is 5.70. The quantitative estimate of drug-likeness (QED) is 0.606. The van der Waals surface area contributed by atoms with Crippen molar-refractivity contribution in [2.24, 2.45) is 5.41 Å². The van der Waals surface area contributed by atoms with Crippen molar-refractivity contribution in [1.29, 1.82) is 0 Å². The number of carbonyl (C=O) groups excluding carboxylic acids is 1. The predicted molar refractivity (Wildman–Crippen MR) is 114 cm³/mol. The van der Waals surface area contributed by atoms with Crippen molar-refractivity contribution in [3.8, 4) is 11.1 Å². The van der Waals surface area contributed by atoms with E-state index >= 15 is 0 Å². The number of methoxy groups -OCH3 is 1. The maximum absolute atomic E-state index is 12.5. The monoisotopic (exact) mass is 409 g/mol. The molecule has 2 aromatic rings. The normalized spacial score (nSPS) is 15.4. The number of hydrogen-bond donors (Lipinski definition) is 2. The van der Waals surface area contributed by atoms with Crippen LogP contribution in [0.1, 0.15) is 30.4 Å². The lowest BCUT2D eigenvalue weighted by molar-refractivity contribution is -0.144. The molecule has 1 aliphatic carbocycles. The zero-order valence-electron chi connectivity index (χ0n) is 17.3. The van der Waals surface area contributed by atoms with E-state index in [2.05, 4.69) is 24.0 Å². The van der Waals surface area contributed by atoms with Crippen molar-refractivity contribution in [2.45, 2.75) is 25.3 Å². The Morgan fingerprint density at radius 3 is 2.23 bits per heavy atom. The molecular formula is C24H27NO5. The van der Waals surface area contributed by atoms with Gasteiger partial charge in [-0.15, -0.1) is 6.58 Å². The highest BCUT2D eigenvalue weighted by molar-refractivity contribution is 5.81. The molecule has 2 atom stereocenters. The summed E-state index contributed by atoms with van der Waals surface area (Å²) < 4.78 is 10.7. The minimum Gasteiger partial charge on any atom is -0.480 e. The fraction of sp³-hybridized carbons (Fsp3) is 0.333. The summed E-state index contributed by atoms with van der Waals surface area (Å²) >= 11 is 0. The number of carboxylic acids is 1. The van der Waals surface area contributed by atoms with Crippen molar-refractivity contribution in [2.75, 3.05) is 20.3 Å². The van der Waals surface area contributed by atoms with Crippen molar-refractivity contribution in [1.82, 2.24) is 5.32 Å². The van der Waals surface area contributed by atoms with Crippen LogP contribution in [-0.2, 0) is 14.3 Å². The van der Waals surface area contributed by atoms with Crippen LogP contribution in [0.15, 0.2) is 61.2 Å². The smallest absolute Gasteiger partial charge is 0.407 e. The lowest BCUT2D eigenvalue weighted by atomic mass is 9.80. The second-order valence-electron chi connectivity index (χ2n) is 7.82. The second kappa shape index (κ2) is 9.13. The van der Waals surface area contributed by atoms with Gasteiger partial charge in [0.2, 0.25) is 0 Å². The zero-order chi connectivity index (χ0) is 21.7. The fourth-order valence-corrected chi connectivity index (χ4v) is 4.21. The van der Waals surface area contributed by atoms with Gasteiger partial charge < -0.3 is 19.9 Å². The molecule has 0 saturated carbocycles. The third-order valence-corrected chi connectivity index (χ3v) is 5.63. The van der Waals surface area contributed by atoms with Gasteiger partial charge in [-0.2, -0.15) is 0 Å². The van der Waals surface area contributed by atoms with Crippen molar-refractivity contribution >= 4 is 12.1 Å². The van der Waals surface area contributed by atoms with Gasteiger partial charge in [-0.05, 0) is 28.7 Å². The minimum absolute atomic E-state index is 0.0926. The van der Waals surface area contributed by atoms with Gasteiger partial charge in [0.05, 0.1) is 6.61 Å². The molecule has 0 saturated heterocycles. The number of carbonyl (C=O) groups is 2. The summed E-state index contributed by atoms with van der Waals surface area (Å²) in [5, 5.41) is 12.2. The number of allylic oxidation sites excluding steroid dienone is 1. The van der Waals surface area contributed by atoms with Crippen LogP contribution in [0.25, 0.3) is 11.1 Å². The lowest BCUT2D eigenvalue weighted by Crippen LogP contribution is -2.53. The molecule has 3 rings (SSSR count). The van der Waals surface area contributed by atoms with Gasteiger partial charge in [0, 0.05) is 18.4 Å². The van der Waals surface area contributed by atoms with E-state index in [0.29, 0.717) is 6.42 Å². The van der Waals surface area contributed by atoms with Crippen LogP contribution < -0.4 is 5.32 Å².